The largest absolute Gasteiger partial charge is 0.417 e. The van der Waals surface area contributed by atoms with E-state index in [2.05, 4.69) is 10.3 Å². The second-order valence-electron chi connectivity index (χ2n) is 3.04. The maximum Gasteiger partial charge on any atom is 0.417 e. The van der Waals surface area contributed by atoms with Crippen LogP contribution < -0.4 is 5.32 Å². The molecule has 0 fully saturated rings. The average molecular weight is 294 g/mol. The van der Waals surface area contributed by atoms with E-state index in [-0.39, 0.29) is 5.17 Å². The van der Waals surface area contributed by atoms with E-state index in [0.717, 1.165) is 23.9 Å². The number of benzene rings is 1. The Labute approximate surface area is 111 Å². The van der Waals surface area contributed by atoms with Crippen LogP contribution in [0.15, 0.2) is 23.2 Å². The van der Waals surface area contributed by atoms with Gasteiger partial charge in [0.1, 0.15) is 0 Å². The smallest absolute Gasteiger partial charge is 0.334 e. The van der Waals surface area contributed by atoms with Crippen molar-refractivity contribution in [2.75, 3.05) is 11.6 Å². The highest BCUT2D eigenvalue weighted by molar-refractivity contribution is 8.13. The minimum Gasteiger partial charge on any atom is -0.334 e. The van der Waals surface area contributed by atoms with Crippen LogP contribution in [-0.2, 0) is 6.18 Å². The van der Waals surface area contributed by atoms with Crippen LogP contribution in [0.4, 0.5) is 18.9 Å². The molecule has 18 heavy (non-hydrogen) atoms. The minimum absolute atomic E-state index is 0.272. The van der Waals surface area contributed by atoms with Crippen molar-refractivity contribution in [3.8, 4) is 6.19 Å². The van der Waals surface area contributed by atoms with E-state index in [1.54, 1.807) is 12.4 Å². The predicted molar refractivity (Wildman–Crippen MR) is 66.6 cm³/mol. The topological polar surface area (TPSA) is 48.2 Å². The number of amidine groups is 1. The van der Waals surface area contributed by atoms with Gasteiger partial charge in [0.25, 0.3) is 0 Å². The monoisotopic (exact) mass is 293 g/mol. The molecule has 0 radical (unpaired) electrons. The number of nitriles is 1. The van der Waals surface area contributed by atoms with Gasteiger partial charge >= 0.3 is 6.18 Å². The number of thioether (sulfide) groups is 1. The second-order valence-corrected chi connectivity index (χ2v) is 4.24. The van der Waals surface area contributed by atoms with Gasteiger partial charge in [-0.2, -0.15) is 18.4 Å². The molecular formula is C10H7ClF3N3S. The molecule has 0 aromatic heterocycles. The number of anilines is 1. The highest BCUT2D eigenvalue weighted by Crippen LogP contribution is 2.35. The molecule has 1 N–H and O–H groups in total. The van der Waals surface area contributed by atoms with Crippen molar-refractivity contribution in [1.29, 1.82) is 5.26 Å². The molecule has 0 aliphatic heterocycles. The Balaban J connectivity index is 2.99. The molecule has 96 valence electrons. The predicted octanol–water partition coefficient (Wildman–Crippen LogP) is 3.97. The summed E-state index contributed by atoms with van der Waals surface area (Å²) in [7, 11) is 0. The van der Waals surface area contributed by atoms with Crippen LogP contribution in [0.25, 0.3) is 0 Å². The van der Waals surface area contributed by atoms with Gasteiger partial charge in [0.15, 0.2) is 5.17 Å². The molecule has 0 atom stereocenters. The van der Waals surface area contributed by atoms with Crippen LogP contribution in [-0.4, -0.2) is 11.4 Å². The zero-order valence-electron chi connectivity index (χ0n) is 9.05. The number of rotatable bonds is 1. The first-order chi connectivity index (χ1) is 8.38. The number of nitrogens with one attached hydrogen (secondary N) is 1. The Kier molecular flexibility index (Phi) is 4.87. The number of aliphatic imine (C=N–C) groups is 1. The maximum absolute atomic E-state index is 12.5. The van der Waals surface area contributed by atoms with Crippen LogP contribution in [0.2, 0.25) is 5.02 Å². The molecule has 0 amide bonds. The summed E-state index contributed by atoms with van der Waals surface area (Å²) in [6.07, 6.45) is -1.23. The molecular weight excluding hydrogens is 287 g/mol. The van der Waals surface area contributed by atoms with Gasteiger partial charge in [-0.05, 0) is 24.5 Å². The Bertz CT molecular complexity index is 508. The SMILES string of the molecule is CS/C(=N\C#N)Nc1ccc(C(F)(F)F)c(Cl)c1. The van der Waals surface area contributed by atoms with Gasteiger partial charge in [0, 0.05) is 5.69 Å². The third-order valence-corrected chi connectivity index (χ3v) is 2.76. The van der Waals surface area contributed by atoms with Crippen molar-refractivity contribution in [2.45, 2.75) is 6.18 Å². The third-order valence-electron chi connectivity index (χ3n) is 1.87. The van der Waals surface area contributed by atoms with Gasteiger partial charge in [-0.3, -0.25) is 0 Å². The quantitative estimate of drug-likeness (QED) is 0.484. The summed E-state index contributed by atoms with van der Waals surface area (Å²) in [6, 6.07) is 3.22. The molecule has 3 nitrogen and oxygen atoms in total. The summed E-state index contributed by atoms with van der Waals surface area (Å²) in [5.41, 5.74) is -0.575. The van der Waals surface area contributed by atoms with Crippen LogP contribution in [0.1, 0.15) is 5.56 Å². The van der Waals surface area contributed by atoms with E-state index in [4.69, 9.17) is 16.9 Å². The van der Waals surface area contributed by atoms with Gasteiger partial charge in [-0.1, -0.05) is 23.4 Å². The van der Waals surface area contributed by atoms with E-state index in [0.29, 0.717) is 5.69 Å². The summed E-state index contributed by atoms with van der Waals surface area (Å²) in [6.45, 7) is 0. The minimum atomic E-state index is -4.49. The van der Waals surface area contributed by atoms with Gasteiger partial charge in [0.05, 0.1) is 10.6 Å². The molecule has 0 heterocycles. The normalized spacial score (nSPS) is 12.1. The second kappa shape index (κ2) is 5.98. The first-order valence-electron chi connectivity index (χ1n) is 4.53. The zero-order valence-corrected chi connectivity index (χ0v) is 10.6. The number of hydrogen-bond donors (Lipinski definition) is 1. The molecule has 0 spiro atoms. The van der Waals surface area contributed by atoms with Gasteiger partial charge < -0.3 is 5.32 Å². The first-order valence-corrected chi connectivity index (χ1v) is 6.13. The fourth-order valence-electron chi connectivity index (χ4n) is 1.12. The lowest BCUT2D eigenvalue weighted by Crippen LogP contribution is -2.09. The number of hydrogen-bond acceptors (Lipinski definition) is 3. The van der Waals surface area contributed by atoms with Crippen molar-refractivity contribution in [3.05, 3.63) is 28.8 Å². The lowest BCUT2D eigenvalue weighted by atomic mass is 10.2. The van der Waals surface area contributed by atoms with Crippen LogP contribution >= 0.6 is 23.4 Å². The summed E-state index contributed by atoms with van der Waals surface area (Å²) in [5, 5.41) is 10.9. The van der Waals surface area contributed by atoms with Crippen molar-refractivity contribution in [3.63, 3.8) is 0 Å². The molecule has 1 aromatic rings. The molecule has 0 saturated carbocycles. The van der Waals surface area contributed by atoms with E-state index in [1.165, 1.54) is 6.07 Å². The Hall–Kier alpha value is -1.39. The first kappa shape index (κ1) is 14.7. The fourth-order valence-corrected chi connectivity index (χ4v) is 1.76. The molecule has 0 aliphatic rings. The maximum atomic E-state index is 12.5. The molecule has 0 unspecified atom stereocenters. The highest BCUT2D eigenvalue weighted by Gasteiger charge is 2.33. The van der Waals surface area contributed by atoms with E-state index in [1.807, 2.05) is 0 Å². The lowest BCUT2D eigenvalue weighted by Gasteiger charge is -2.11. The third kappa shape index (κ3) is 3.82. The van der Waals surface area contributed by atoms with Crippen molar-refractivity contribution in [2.24, 2.45) is 4.99 Å². The van der Waals surface area contributed by atoms with Gasteiger partial charge in [-0.25, -0.2) is 0 Å². The summed E-state index contributed by atoms with van der Waals surface area (Å²) in [5.74, 6) is 0. The number of nitrogens with zero attached hydrogens (tertiary/aromatic N) is 2. The molecule has 8 heteroatoms. The molecule has 1 rings (SSSR count). The molecule has 0 bridgehead atoms. The Morgan fingerprint density at radius 2 is 2.17 bits per heavy atom. The summed E-state index contributed by atoms with van der Waals surface area (Å²) in [4.78, 5) is 3.45. The van der Waals surface area contributed by atoms with Crippen molar-refractivity contribution in [1.82, 2.24) is 0 Å². The molecule has 0 aliphatic carbocycles. The van der Waals surface area contributed by atoms with Crippen LogP contribution in [0, 0.1) is 11.5 Å². The van der Waals surface area contributed by atoms with Crippen LogP contribution in [0.5, 0.6) is 0 Å². The average Bonchev–Trinajstić information content (AvgIpc) is 2.26. The lowest BCUT2D eigenvalue weighted by molar-refractivity contribution is -0.137. The summed E-state index contributed by atoms with van der Waals surface area (Å²) >= 11 is 6.70. The highest BCUT2D eigenvalue weighted by atomic mass is 35.5. The van der Waals surface area contributed by atoms with E-state index >= 15 is 0 Å². The van der Waals surface area contributed by atoms with Crippen molar-refractivity contribution >= 4 is 34.2 Å². The summed E-state index contributed by atoms with van der Waals surface area (Å²) < 4.78 is 37.4. The zero-order chi connectivity index (χ0) is 13.8. The van der Waals surface area contributed by atoms with E-state index < -0.39 is 16.8 Å². The van der Waals surface area contributed by atoms with Crippen molar-refractivity contribution < 1.29 is 13.2 Å². The van der Waals surface area contributed by atoms with Crippen LogP contribution in [0.3, 0.4) is 0 Å². The molecule has 1 aromatic carbocycles. The number of halogens is 4. The van der Waals surface area contributed by atoms with Gasteiger partial charge in [-0.15, -0.1) is 4.99 Å². The Morgan fingerprint density at radius 3 is 2.61 bits per heavy atom. The fraction of sp³-hybridized carbons (Fsp3) is 0.200. The van der Waals surface area contributed by atoms with E-state index in [9.17, 15) is 13.2 Å². The standard InChI is InChI=1S/C10H7ClF3N3S/c1-18-9(16-5-15)17-6-2-3-7(8(11)4-6)10(12,13)14/h2-4H,1H3,(H,16,17). The Morgan fingerprint density at radius 1 is 1.50 bits per heavy atom. The molecule has 0 saturated heterocycles. The van der Waals surface area contributed by atoms with Gasteiger partial charge in [0.2, 0.25) is 6.19 Å². The number of alkyl halides is 3.